The number of esters is 1. The first-order valence-corrected chi connectivity index (χ1v) is 6.16. The molecular weight excluding hydrogens is 270 g/mol. The number of unbranched alkanes of at least 4 members (excludes halogenated alkanes) is 1. The van der Waals surface area contributed by atoms with Crippen LogP contribution >= 0.6 is 11.6 Å². The van der Waals surface area contributed by atoms with Crippen molar-refractivity contribution in [3.63, 3.8) is 0 Å². The molecule has 1 aromatic carbocycles. The van der Waals surface area contributed by atoms with Gasteiger partial charge in [0.2, 0.25) is 0 Å². The van der Waals surface area contributed by atoms with Crippen molar-refractivity contribution in [2.24, 2.45) is 4.99 Å². The minimum Gasteiger partial charge on any atom is -0.478 e. The third kappa shape index (κ3) is 5.09. The number of halogens is 1. The summed E-state index contributed by atoms with van der Waals surface area (Å²) in [6.45, 7) is 2.30. The second kappa shape index (κ2) is 7.53. The SMILES string of the molecule is CCCCOC(=O)C=Nc1cc(Cl)ccc1C(=O)O. The van der Waals surface area contributed by atoms with Crippen LogP contribution in [0, 0.1) is 0 Å². The Bertz CT molecular complexity index is 499. The molecule has 0 aliphatic rings. The number of hydrogen-bond acceptors (Lipinski definition) is 4. The molecule has 0 aliphatic carbocycles. The van der Waals surface area contributed by atoms with Gasteiger partial charge in [0.25, 0.3) is 0 Å². The van der Waals surface area contributed by atoms with Crippen LogP contribution in [0.5, 0.6) is 0 Å². The van der Waals surface area contributed by atoms with E-state index >= 15 is 0 Å². The molecule has 6 heteroatoms. The Morgan fingerprint density at radius 1 is 1.47 bits per heavy atom. The number of aliphatic imine (C=N–C) groups is 1. The van der Waals surface area contributed by atoms with Gasteiger partial charge in [-0.2, -0.15) is 0 Å². The largest absolute Gasteiger partial charge is 0.478 e. The number of nitrogens with zero attached hydrogens (tertiary/aromatic N) is 1. The van der Waals surface area contributed by atoms with Gasteiger partial charge in [-0.15, -0.1) is 0 Å². The lowest BCUT2D eigenvalue weighted by atomic mass is 10.2. The molecule has 0 unspecified atom stereocenters. The van der Waals surface area contributed by atoms with Gasteiger partial charge in [-0.1, -0.05) is 24.9 Å². The molecule has 1 rings (SSSR count). The van der Waals surface area contributed by atoms with Gasteiger partial charge in [0.15, 0.2) is 0 Å². The Labute approximate surface area is 115 Å². The van der Waals surface area contributed by atoms with E-state index in [1.165, 1.54) is 18.2 Å². The van der Waals surface area contributed by atoms with Crippen molar-refractivity contribution >= 4 is 35.4 Å². The second-order valence-electron chi connectivity index (χ2n) is 3.75. The molecule has 0 aliphatic heterocycles. The number of carbonyl (C=O) groups excluding carboxylic acids is 1. The van der Waals surface area contributed by atoms with Gasteiger partial charge in [0.1, 0.15) is 6.21 Å². The lowest BCUT2D eigenvalue weighted by Gasteiger charge is -2.02. The Hall–Kier alpha value is -1.88. The van der Waals surface area contributed by atoms with Gasteiger partial charge >= 0.3 is 11.9 Å². The zero-order valence-corrected chi connectivity index (χ0v) is 11.2. The highest BCUT2D eigenvalue weighted by atomic mass is 35.5. The zero-order chi connectivity index (χ0) is 14.3. The number of carboxylic acids is 1. The molecule has 0 saturated carbocycles. The van der Waals surface area contributed by atoms with Crippen LogP contribution in [0.2, 0.25) is 5.02 Å². The summed E-state index contributed by atoms with van der Waals surface area (Å²) >= 11 is 5.76. The Morgan fingerprint density at radius 2 is 2.21 bits per heavy atom. The summed E-state index contributed by atoms with van der Waals surface area (Å²) in [5, 5.41) is 9.31. The van der Waals surface area contributed by atoms with Crippen LogP contribution < -0.4 is 0 Å². The topological polar surface area (TPSA) is 76.0 Å². The summed E-state index contributed by atoms with van der Waals surface area (Å²) in [6.07, 6.45) is 2.65. The fourth-order valence-corrected chi connectivity index (χ4v) is 1.44. The summed E-state index contributed by atoms with van der Waals surface area (Å²) in [5.74, 6) is -1.74. The predicted molar refractivity (Wildman–Crippen MR) is 72.4 cm³/mol. The number of aromatic carboxylic acids is 1. The van der Waals surface area contributed by atoms with Crippen molar-refractivity contribution in [1.82, 2.24) is 0 Å². The molecule has 5 nitrogen and oxygen atoms in total. The van der Waals surface area contributed by atoms with Crippen molar-refractivity contribution in [3.05, 3.63) is 28.8 Å². The average Bonchev–Trinajstić information content (AvgIpc) is 2.36. The maximum absolute atomic E-state index is 11.3. The summed E-state index contributed by atoms with van der Waals surface area (Å²) in [6, 6.07) is 4.16. The fraction of sp³-hybridized carbons (Fsp3) is 0.308. The van der Waals surface area contributed by atoms with Crippen LogP contribution in [0.15, 0.2) is 23.2 Å². The highest BCUT2D eigenvalue weighted by Gasteiger charge is 2.09. The maximum Gasteiger partial charge on any atom is 0.349 e. The highest BCUT2D eigenvalue weighted by Crippen LogP contribution is 2.23. The van der Waals surface area contributed by atoms with E-state index in [0.717, 1.165) is 19.1 Å². The number of ether oxygens (including phenoxy) is 1. The molecule has 0 saturated heterocycles. The van der Waals surface area contributed by atoms with E-state index < -0.39 is 11.9 Å². The van der Waals surface area contributed by atoms with E-state index in [0.29, 0.717) is 11.6 Å². The van der Waals surface area contributed by atoms with Crippen LogP contribution in [0.25, 0.3) is 0 Å². The lowest BCUT2D eigenvalue weighted by Crippen LogP contribution is -2.06. The van der Waals surface area contributed by atoms with Gasteiger partial charge in [0.05, 0.1) is 17.9 Å². The molecule has 1 N–H and O–H groups in total. The minimum atomic E-state index is -1.14. The third-order valence-corrected chi connectivity index (χ3v) is 2.48. The first kappa shape index (κ1) is 15.2. The van der Waals surface area contributed by atoms with E-state index in [2.05, 4.69) is 4.99 Å². The summed E-state index contributed by atoms with van der Waals surface area (Å²) in [4.78, 5) is 26.1. The minimum absolute atomic E-state index is 0.0259. The number of benzene rings is 1. The predicted octanol–water partition coefficient (Wildman–Crippen LogP) is 3.08. The first-order chi connectivity index (χ1) is 9.04. The van der Waals surface area contributed by atoms with E-state index in [9.17, 15) is 9.59 Å². The highest BCUT2D eigenvalue weighted by molar-refractivity contribution is 6.31. The second-order valence-corrected chi connectivity index (χ2v) is 4.18. The van der Waals surface area contributed by atoms with Gasteiger partial charge in [-0.25, -0.2) is 14.6 Å². The van der Waals surface area contributed by atoms with Crippen LogP contribution in [0.1, 0.15) is 30.1 Å². The summed E-state index contributed by atoms with van der Waals surface area (Å²) in [7, 11) is 0. The summed E-state index contributed by atoms with van der Waals surface area (Å²) < 4.78 is 4.87. The van der Waals surface area contributed by atoms with Gasteiger partial charge in [0, 0.05) is 5.02 Å². The van der Waals surface area contributed by atoms with Crippen LogP contribution in [0.4, 0.5) is 5.69 Å². The van der Waals surface area contributed by atoms with Gasteiger partial charge in [-0.05, 0) is 24.6 Å². The Kier molecular flexibility index (Phi) is 6.02. The molecule has 0 atom stereocenters. The summed E-state index contributed by atoms with van der Waals surface area (Å²) in [5.41, 5.74) is 0.0921. The van der Waals surface area contributed by atoms with Crippen molar-refractivity contribution < 1.29 is 19.4 Å². The molecular formula is C13H14ClNO4. The quantitative estimate of drug-likeness (QED) is 0.494. The maximum atomic E-state index is 11.3. The molecule has 0 spiro atoms. The molecule has 0 fully saturated rings. The third-order valence-electron chi connectivity index (χ3n) is 2.24. The molecule has 1 aromatic rings. The molecule has 19 heavy (non-hydrogen) atoms. The average molecular weight is 284 g/mol. The van der Waals surface area contributed by atoms with Gasteiger partial charge in [-0.3, -0.25) is 0 Å². The van der Waals surface area contributed by atoms with Crippen molar-refractivity contribution in [3.8, 4) is 0 Å². The molecule has 0 heterocycles. The molecule has 0 amide bonds. The molecule has 102 valence electrons. The number of carbonyl (C=O) groups is 2. The standard InChI is InChI=1S/C13H14ClNO4/c1-2-3-6-19-12(16)8-15-11-7-9(14)4-5-10(11)13(17)18/h4-5,7-8H,2-3,6H2,1H3,(H,17,18). The van der Waals surface area contributed by atoms with E-state index in [-0.39, 0.29) is 11.3 Å². The lowest BCUT2D eigenvalue weighted by molar-refractivity contribution is -0.135. The number of hydrogen-bond donors (Lipinski definition) is 1. The van der Waals surface area contributed by atoms with Gasteiger partial charge < -0.3 is 9.84 Å². The normalized spacial score (nSPS) is 10.6. The Balaban J connectivity index is 2.77. The van der Waals surface area contributed by atoms with Crippen LogP contribution in [-0.2, 0) is 9.53 Å². The fourth-order valence-electron chi connectivity index (χ4n) is 1.27. The monoisotopic (exact) mass is 283 g/mol. The van der Waals surface area contributed by atoms with Crippen molar-refractivity contribution in [2.45, 2.75) is 19.8 Å². The van der Waals surface area contributed by atoms with Crippen molar-refractivity contribution in [1.29, 1.82) is 0 Å². The first-order valence-electron chi connectivity index (χ1n) is 5.78. The molecule has 0 bridgehead atoms. The zero-order valence-electron chi connectivity index (χ0n) is 10.4. The van der Waals surface area contributed by atoms with E-state index in [1.54, 1.807) is 0 Å². The van der Waals surface area contributed by atoms with Crippen molar-refractivity contribution in [2.75, 3.05) is 6.61 Å². The Morgan fingerprint density at radius 3 is 2.84 bits per heavy atom. The molecule has 0 radical (unpaired) electrons. The smallest absolute Gasteiger partial charge is 0.349 e. The van der Waals surface area contributed by atoms with E-state index in [4.69, 9.17) is 21.4 Å². The van der Waals surface area contributed by atoms with Crippen LogP contribution in [-0.4, -0.2) is 29.9 Å². The number of carboxylic acid groups (broad SMARTS) is 1. The number of rotatable bonds is 6. The van der Waals surface area contributed by atoms with E-state index in [1.807, 2.05) is 6.92 Å². The van der Waals surface area contributed by atoms with Crippen LogP contribution in [0.3, 0.4) is 0 Å². The molecule has 0 aromatic heterocycles.